The molecule has 0 fully saturated rings. The van der Waals surface area contributed by atoms with Crippen molar-refractivity contribution in [2.45, 2.75) is 0 Å². The normalized spacial score (nSPS) is 10.2. The Kier molecular flexibility index (Phi) is 6.78. The predicted molar refractivity (Wildman–Crippen MR) is 94.2 cm³/mol. The fraction of sp³-hybridized carbons (Fsp3) is 0. The predicted octanol–water partition coefficient (Wildman–Crippen LogP) is 2.58. The summed E-state index contributed by atoms with van der Waals surface area (Å²) < 4.78 is 3.64. The van der Waals surface area contributed by atoms with Crippen LogP contribution in [0.5, 0.6) is 0 Å². The summed E-state index contributed by atoms with van der Waals surface area (Å²) in [6.45, 7) is 0. The maximum atomic E-state index is 11.8. The zero-order valence-electron chi connectivity index (χ0n) is 12.1. The second kappa shape index (κ2) is 8.60. The van der Waals surface area contributed by atoms with Crippen LogP contribution in [0, 0.1) is 0 Å². The molecule has 0 aliphatic heterocycles. The molecule has 0 N–H and O–H groups in total. The minimum absolute atomic E-state index is 0. The van der Waals surface area contributed by atoms with E-state index in [4.69, 9.17) is 11.6 Å². The molecule has 0 spiro atoms. The number of benzene rings is 3. The summed E-state index contributed by atoms with van der Waals surface area (Å²) in [6.07, 6.45) is 0. The van der Waals surface area contributed by atoms with Gasteiger partial charge in [0.1, 0.15) is 0 Å². The van der Waals surface area contributed by atoms with Gasteiger partial charge in [-0.2, -0.15) is 0 Å². The molecule has 3 aromatic rings. The first-order chi connectivity index (χ1) is 10.8. The number of halogens is 1. The van der Waals surface area contributed by atoms with Gasteiger partial charge in [0.05, 0.1) is 0 Å². The van der Waals surface area contributed by atoms with Gasteiger partial charge in [0.25, 0.3) is 0 Å². The molecule has 0 heterocycles. The van der Waals surface area contributed by atoms with Gasteiger partial charge >= 0.3 is 140 Å². The second-order valence-corrected chi connectivity index (χ2v) is 9.73. The molecule has 0 atom stereocenters. The van der Waals surface area contributed by atoms with E-state index in [9.17, 15) is 4.79 Å². The monoisotopic (exact) mass is 471 g/mol. The van der Waals surface area contributed by atoms with Crippen molar-refractivity contribution in [2.24, 2.45) is 0 Å². The molecule has 1 radical (unpaired) electrons. The van der Waals surface area contributed by atoms with E-state index in [-0.39, 0.29) is 24.7 Å². The number of carbonyl (C=O) groups excluding carboxylic acids is 1. The smallest absolute Gasteiger partial charge is 0 e. The molecule has 23 heavy (non-hydrogen) atoms. The summed E-state index contributed by atoms with van der Waals surface area (Å²) in [4.78, 5) is 11.8. The standard InChI is InChI=1S/C19H14AsClO.Rh/c21-19(22)17-13-7-8-14-18(17)20(15-9-3-1-4-10-15)16-11-5-2-6-12-16;/h1-14H;. The van der Waals surface area contributed by atoms with Crippen molar-refractivity contribution in [3.8, 4) is 0 Å². The molecule has 117 valence electrons. The quantitative estimate of drug-likeness (QED) is 0.422. The Labute approximate surface area is 158 Å². The van der Waals surface area contributed by atoms with Crippen LogP contribution in [-0.4, -0.2) is 19.9 Å². The van der Waals surface area contributed by atoms with Crippen molar-refractivity contribution in [1.29, 1.82) is 0 Å². The summed E-state index contributed by atoms with van der Waals surface area (Å²) in [6, 6.07) is 28.5. The maximum absolute atomic E-state index is 11.8. The molecular weight excluding hydrogens is 457 g/mol. The summed E-state index contributed by atoms with van der Waals surface area (Å²) in [5.41, 5.74) is 0.622. The van der Waals surface area contributed by atoms with E-state index >= 15 is 0 Å². The van der Waals surface area contributed by atoms with Gasteiger partial charge < -0.3 is 0 Å². The van der Waals surface area contributed by atoms with Crippen molar-refractivity contribution < 1.29 is 24.3 Å². The molecule has 0 aliphatic carbocycles. The minimum atomic E-state index is -1.79. The van der Waals surface area contributed by atoms with Crippen LogP contribution in [0.2, 0.25) is 0 Å². The van der Waals surface area contributed by atoms with E-state index in [0.29, 0.717) is 5.56 Å². The van der Waals surface area contributed by atoms with Crippen molar-refractivity contribution in [3.63, 3.8) is 0 Å². The fourth-order valence-corrected chi connectivity index (χ4v) is 7.86. The third-order valence-electron chi connectivity index (χ3n) is 3.39. The molecule has 3 aromatic carbocycles. The summed E-state index contributed by atoms with van der Waals surface area (Å²) in [5.74, 6) is 0. The number of hydrogen-bond donors (Lipinski definition) is 0. The number of hydrogen-bond acceptors (Lipinski definition) is 1. The van der Waals surface area contributed by atoms with Gasteiger partial charge in [0, 0.05) is 19.5 Å². The zero-order valence-corrected chi connectivity index (χ0v) is 16.4. The Bertz CT molecular complexity index is 738. The molecule has 0 aliphatic rings. The van der Waals surface area contributed by atoms with Crippen LogP contribution in [0.4, 0.5) is 0 Å². The van der Waals surface area contributed by atoms with Crippen LogP contribution in [-0.2, 0) is 19.5 Å². The molecule has 0 aromatic heterocycles. The maximum Gasteiger partial charge on any atom is 0 e. The average molecular weight is 472 g/mol. The Morgan fingerprint density at radius 1 is 0.696 bits per heavy atom. The molecule has 0 unspecified atom stereocenters. The number of rotatable bonds is 4. The average Bonchev–Trinajstić information content (AvgIpc) is 2.57. The fourth-order valence-electron chi connectivity index (χ4n) is 2.42. The van der Waals surface area contributed by atoms with E-state index in [1.807, 2.05) is 60.7 Å². The van der Waals surface area contributed by atoms with Gasteiger partial charge in [-0.3, -0.25) is 0 Å². The Morgan fingerprint density at radius 2 is 1.13 bits per heavy atom. The Morgan fingerprint density at radius 3 is 1.61 bits per heavy atom. The van der Waals surface area contributed by atoms with Crippen LogP contribution < -0.4 is 13.1 Å². The van der Waals surface area contributed by atoms with Gasteiger partial charge in [-0.15, -0.1) is 0 Å². The molecule has 0 bridgehead atoms. The summed E-state index contributed by atoms with van der Waals surface area (Å²) >= 11 is 4.02. The molecular formula is C19H14AsClORh. The van der Waals surface area contributed by atoms with Crippen molar-refractivity contribution >= 4 is 44.5 Å². The molecule has 1 nitrogen and oxygen atoms in total. The van der Waals surface area contributed by atoms with E-state index in [1.54, 1.807) is 0 Å². The largest absolute Gasteiger partial charge is 0 e. The third kappa shape index (κ3) is 4.21. The van der Waals surface area contributed by atoms with Crippen LogP contribution in [0.15, 0.2) is 84.9 Å². The van der Waals surface area contributed by atoms with E-state index in [0.717, 1.165) is 4.35 Å². The first-order valence-electron chi connectivity index (χ1n) is 6.96. The van der Waals surface area contributed by atoms with E-state index in [2.05, 4.69) is 24.3 Å². The van der Waals surface area contributed by atoms with Crippen molar-refractivity contribution in [1.82, 2.24) is 0 Å². The van der Waals surface area contributed by atoms with Gasteiger partial charge in [-0.1, -0.05) is 0 Å². The van der Waals surface area contributed by atoms with Crippen LogP contribution in [0.25, 0.3) is 0 Å². The topological polar surface area (TPSA) is 17.1 Å². The Balaban J connectivity index is 0.00000192. The van der Waals surface area contributed by atoms with Crippen molar-refractivity contribution in [2.75, 3.05) is 0 Å². The Hall–Kier alpha value is -1.20. The van der Waals surface area contributed by atoms with E-state index in [1.165, 1.54) is 8.70 Å². The van der Waals surface area contributed by atoms with Gasteiger partial charge in [-0.25, -0.2) is 0 Å². The zero-order chi connectivity index (χ0) is 15.4. The molecule has 0 saturated carbocycles. The van der Waals surface area contributed by atoms with Gasteiger partial charge in [0.15, 0.2) is 0 Å². The van der Waals surface area contributed by atoms with Crippen LogP contribution >= 0.6 is 11.6 Å². The molecule has 3 rings (SSSR count). The third-order valence-corrected chi connectivity index (χ3v) is 8.84. The van der Waals surface area contributed by atoms with Gasteiger partial charge in [0.2, 0.25) is 0 Å². The van der Waals surface area contributed by atoms with Gasteiger partial charge in [-0.05, 0) is 0 Å². The summed E-state index contributed by atoms with van der Waals surface area (Å²) in [7, 11) is 0. The minimum Gasteiger partial charge on any atom is 0 e. The SMILES string of the molecule is O=C(Cl)c1ccccc1[As](c1ccccc1)c1ccccc1.[Rh]. The second-order valence-electron chi connectivity index (χ2n) is 4.80. The molecule has 0 saturated heterocycles. The number of carbonyl (C=O) groups is 1. The molecule has 0 amide bonds. The first-order valence-corrected chi connectivity index (χ1v) is 10.2. The van der Waals surface area contributed by atoms with Crippen LogP contribution in [0.3, 0.4) is 0 Å². The molecule has 4 heteroatoms. The van der Waals surface area contributed by atoms with Crippen molar-refractivity contribution in [3.05, 3.63) is 90.5 Å². The van der Waals surface area contributed by atoms with Crippen LogP contribution in [0.1, 0.15) is 10.4 Å². The van der Waals surface area contributed by atoms with E-state index < -0.39 is 14.7 Å². The summed E-state index contributed by atoms with van der Waals surface area (Å²) in [5, 5.41) is -0.387. The first kappa shape index (κ1) is 18.1.